The Morgan fingerprint density at radius 3 is 2.60 bits per heavy atom. The highest BCUT2D eigenvalue weighted by atomic mass is 79.9. The Morgan fingerprint density at radius 1 is 1.40 bits per heavy atom. The number of halogens is 1. The molecular weight excluding hydrogens is 254 g/mol. The number of hydrogen-bond acceptors (Lipinski definition) is 2. The van der Waals surface area contributed by atoms with Gasteiger partial charge < -0.3 is 5.01 Å². The lowest BCUT2D eigenvalue weighted by Crippen LogP contribution is -2.50. The van der Waals surface area contributed by atoms with Gasteiger partial charge >= 0.3 is 0 Å². The largest absolute Gasteiger partial charge is 0.306 e. The maximum Gasteiger partial charge on any atom is 0.114 e. The average molecular weight is 272 g/mol. The van der Waals surface area contributed by atoms with Crippen LogP contribution >= 0.6 is 15.9 Å². The van der Waals surface area contributed by atoms with Crippen LogP contribution in [-0.4, -0.2) is 21.7 Å². The average Bonchev–Trinajstić information content (AvgIpc) is 2.66. The van der Waals surface area contributed by atoms with Gasteiger partial charge in [-0.3, -0.25) is 4.68 Å². The van der Waals surface area contributed by atoms with Gasteiger partial charge in [0.25, 0.3) is 0 Å². The highest BCUT2D eigenvalue weighted by Crippen LogP contribution is 2.21. The number of hydrogen-bond donors (Lipinski definition) is 0. The van der Waals surface area contributed by atoms with Crippen LogP contribution in [0.2, 0.25) is 0 Å². The second-order valence-corrected chi connectivity index (χ2v) is 4.95. The van der Waals surface area contributed by atoms with Crippen LogP contribution in [0.1, 0.15) is 38.8 Å². The Morgan fingerprint density at radius 2 is 2.07 bits per heavy atom. The van der Waals surface area contributed by atoms with E-state index in [1.807, 2.05) is 6.33 Å². The van der Waals surface area contributed by atoms with E-state index in [2.05, 4.69) is 50.6 Å². The van der Waals surface area contributed by atoms with E-state index in [0.717, 1.165) is 11.0 Å². The molecule has 0 aromatic carbocycles. The van der Waals surface area contributed by atoms with E-state index in [-0.39, 0.29) is 0 Å². The molecule has 0 radical (unpaired) electrons. The third-order valence-corrected chi connectivity index (χ3v) is 3.75. The van der Waals surface area contributed by atoms with Crippen molar-refractivity contribution in [2.45, 2.75) is 50.5 Å². The zero-order chi connectivity index (χ0) is 10.8. The monoisotopic (exact) mass is 271 g/mol. The maximum absolute atomic E-state index is 4.35. The first-order valence-corrected chi connectivity index (χ1v) is 6.72. The minimum Gasteiger partial charge on any atom is -0.306 e. The van der Waals surface area contributed by atoms with Crippen molar-refractivity contribution in [2.75, 3.05) is 5.01 Å². The molecule has 1 aliphatic heterocycles. The standard InChI is InChI=1S/C11H18BrN3/c1-9-4-3-5-10(2)15(9)14-7-11(6-12)13-8-14/h7-10H,3-6H2,1-2H3. The van der Waals surface area contributed by atoms with Crippen molar-refractivity contribution in [3.63, 3.8) is 0 Å². The highest BCUT2D eigenvalue weighted by molar-refractivity contribution is 9.08. The van der Waals surface area contributed by atoms with Gasteiger partial charge in [0.15, 0.2) is 0 Å². The summed E-state index contributed by atoms with van der Waals surface area (Å²) < 4.78 is 2.16. The predicted molar refractivity (Wildman–Crippen MR) is 65.9 cm³/mol. The van der Waals surface area contributed by atoms with Crippen molar-refractivity contribution in [1.82, 2.24) is 9.66 Å². The van der Waals surface area contributed by atoms with E-state index in [1.54, 1.807) is 0 Å². The summed E-state index contributed by atoms with van der Waals surface area (Å²) in [5, 5.41) is 3.26. The topological polar surface area (TPSA) is 21.1 Å². The number of rotatable bonds is 2. The molecule has 1 aliphatic rings. The Balaban J connectivity index is 2.19. The second kappa shape index (κ2) is 4.56. The first-order chi connectivity index (χ1) is 7.22. The zero-order valence-corrected chi connectivity index (χ0v) is 10.9. The van der Waals surface area contributed by atoms with Crippen LogP contribution in [0.3, 0.4) is 0 Å². The molecule has 4 heteroatoms. The lowest BCUT2D eigenvalue weighted by molar-refractivity contribution is 0.336. The smallest absolute Gasteiger partial charge is 0.114 e. The number of imidazole rings is 1. The lowest BCUT2D eigenvalue weighted by atomic mass is 10.00. The fourth-order valence-electron chi connectivity index (χ4n) is 2.41. The molecule has 1 aromatic rings. The number of aromatic nitrogens is 2. The van der Waals surface area contributed by atoms with Gasteiger partial charge in [0.2, 0.25) is 0 Å². The van der Waals surface area contributed by atoms with Gasteiger partial charge in [-0.05, 0) is 33.1 Å². The molecule has 0 N–H and O–H groups in total. The summed E-state index contributed by atoms with van der Waals surface area (Å²) in [5.74, 6) is 0. The summed E-state index contributed by atoms with van der Waals surface area (Å²) in [6.45, 7) is 4.59. The highest BCUT2D eigenvalue weighted by Gasteiger charge is 2.24. The van der Waals surface area contributed by atoms with Crippen LogP contribution in [0.15, 0.2) is 12.5 Å². The SMILES string of the molecule is CC1CCCC(C)N1n1cnc(CBr)c1. The Kier molecular flexibility index (Phi) is 3.34. The second-order valence-electron chi connectivity index (χ2n) is 4.39. The van der Waals surface area contributed by atoms with Gasteiger partial charge in [-0.25, -0.2) is 4.98 Å². The van der Waals surface area contributed by atoms with Gasteiger partial charge in [-0.2, -0.15) is 0 Å². The third kappa shape index (κ3) is 2.19. The van der Waals surface area contributed by atoms with Gasteiger partial charge in [0.05, 0.1) is 11.9 Å². The third-order valence-electron chi connectivity index (χ3n) is 3.17. The lowest BCUT2D eigenvalue weighted by Gasteiger charge is -2.40. The van der Waals surface area contributed by atoms with E-state index in [4.69, 9.17) is 0 Å². The first kappa shape index (κ1) is 11.0. The quantitative estimate of drug-likeness (QED) is 0.772. The molecule has 2 rings (SSSR count). The molecule has 1 fully saturated rings. The van der Waals surface area contributed by atoms with Crippen LogP contribution in [0, 0.1) is 0 Å². The van der Waals surface area contributed by atoms with Gasteiger partial charge in [0.1, 0.15) is 6.33 Å². The minimum atomic E-state index is 0.617. The van der Waals surface area contributed by atoms with E-state index >= 15 is 0 Å². The van der Waals surface area contributed by atoms with E-state index < -0.39 is 0 Å². The zero-order valence-electron chi connectivity index (χ0n) is 9.36. The molecule has 15 heavy (non-hydrogen) atoms. The molecule has 0 spiro atoms. The molecule has 0 bridgehead atoms. The Bertz CT molecular complexity index is 313. The van der Waals surface area contributed by atoms with E-state index in [1.165, 1.54) is 19.3 Å². The van der Waals surface area contributed by atoms with Crippen LogP contribution in [-0.2, 0) is 5.33 Å². The van der Waals surface area contributed by atoms with E-state index in [9.17, 15) is 0 Å². The fraction of sp³-hybridized carbons (Fsp3) is 0.727. The molecule has 0 saturated carbocycles. The molecule has 3 nitrogen and oxygen atoms in total. The number of nitrogens with zero attached hydrogens (tertiary/aromatic N) is 3. The van der Waals surface area contributed by atoms with Crippen molar-refractivity contribution in [3.05, 3.63) is 18.2 Å². The minimum absolute atomic E-state index is 0.617. The maximum atomic E-state index is 4.35. The summed E-state index contributed by atoms with van der Waals surface area (Å²) in [5.41, 5.74) is 1.10. The fourth-order valence-corrected chi connectivity index (χ4v) is 2.70. The molecule has 1 saturated heterocycles. The number of alkyl halides is 1. The van der Waals surface area contributed by atoms with Crippen molar-refractivity contribution >= 4 is 15.9 Å². The normalized spacial score (nSPS) is 27.0. The summed E-state index contributed by atoms with van der Waals surface area (Å²) in [7, 11) is 0. The molecule has 2 unspecified atom stereocenters. The van der Waals surface area contributed by atoms with Gasteiger partial charge in [0, 0.05) is 17.4 Å². The molecule has 1 aromatic heterocycles. The molecular formula is C11H18BrN3. The van der Waals surface area contributed by atoms with Gasteiger partial charge in [-0.15, -0.1) is 0 Å². The first-order valence-electron chi connectivity index (χ1n) is 5.60. The van der Waals surface area contributed by atoms with Crippen molar-refractivity contribution in [1.29, 1.82) is 0 Å². The molecule has 2 heterocycles. The van der Waals surface area contributed by atoms with Crippen molar-refractivity contribution < 1.29 is 0 Å². The molecule has 84 valence electrons. The van der Waals surface area contributed by atoms with Crippen LogP contribution < -0.4 is 5.01 Å². The number of piperidine rings is 1. The molecule has 0 aliphatic carbocycles. The summed E-state index contributed by atoms with van der Waals surface area (Å²) in [6.07, 6.45) is 7.96. The Labute approximate surface area is 99.6 Å². The summed E-state index contributed by atoms with van der Waals surface area (Å²) >= 11 is 3.43. The van der Waals surface area contributed by atoms with Crippen molar-refractivity contribution in [3.8, 4) is 0 Å². The van der Waals surface area contributed by atoms with Crippen LogP contribution in [0.5, 0.6) is 0 Å². The van der Waals surface area contributed by atoms with Crippen LogP contribution in [0.25, 0.3) is 0 Å². The van der Waals surface area contributed by atoms with E-state index in [0.29, 0.717) is 12.1 Å². The Hall–Kier alpha value is -0.510. The summed E-state index contributed by atoms with van der Waals surface area (Å²) in [4.78, 5) is 4.35. The van der Waals surface area contributed by atoms with Crippen LogP contribution in [0.4, 0.5) is 0 Å². The molecule has 0 amide bonds. The summed E-state index contributed by atoms with van der Waals surface area (Å²) in [6, 6.07) is 1.23. The molecule has 2 atom stereocenters. The van der Waals surface area contributed by atoms with Gasteiger partial charge in [-0.1, -0.05) is 15.9 Å². The van der Waals surface area contributed by atoms with Crippen molar-refractivity contribution in [2.24, 2.45) is 0 Å². The predicted octanol–water partition coefficient (Wildman–Crippen LogP) is 2.68.